The maximum absolute atomic E-state index is 12.8. The number of benzene rings is 2. The van der Waals surface area contributed by atoms with Gasteiger partial charge in [-0.1, -0.05) is 48.3 Å². The number of halogens is 2. The molecule has 0 spiro atoms. The quantitative estimate of drug-likeness (QED) is 0.0487. The molecular weight excluding hydrogens is 903 g/mol. The van der Waals surface area contributed by atoms with Crippen molar-refractivity contribution in [1.82, 2.24) is 45.6 Å². The molecule has 0 saturated carbocycles. The second-order valence-electron chi connectivity index (χ2n) is 15.7. The van der Waals surface area contributed by atoms with Crippen molar-refractivity contribution in [3.05, 3.63) is 99.7 Å². The van der Waals surface area contributed by atoms with E-state index in [9.17, 15) is 29.4 Å². The van der Waals surface area contributed by atoms with Crippen molar-refractivity contribution in [3.8, 4) is 39.3 Å². The number of phenolic OH excluding ortho intramolecular Hbond substituents is 1. The van der Waals surface area contributed by atoms with Crippen molar-refractivity contribution >= 4 is 63.6 Å². The second kappa shape index (κ2) is 22.8. The van der Waals surface area contributed by atoms with Gasteiger partial charge in [-0.05, 0) is 47.9 Å². The first-order chi connectivity index (χ1) is 32.4. The van der Waals surface area contributed by atoms with Gasteiger partial charge in [0, 0.05) is 109 Å². The molecule has 2 aromatic carbocycles. The summed E-state index contributed by atoms with van der Waals surface area (Å²) >= 11 is 13.1. The smallest absolute Gasteiger partial charge is 0.269 e. The lowest BCUT2D eigenvalue weighted by Gasteiger charge is -2.26. The predicted octanol–water partition coefficient (Wildman–Crippen LogP) is 4.67. The SMILES string of the molecule is CCc1c(-c2ccc(C(=O)NCCC(=O)NCCOCCOCCC(=O)NCCn3ccc(-c4cc(Cl)c(Cl)c5[nH]c6c(c45)CN(C(=O)CO)CC6)n3)nc2)cnc(N)c1-c1ccc(O)cc1. The first-order valence-electron chi connectivity index (χ1n) is 21.9. The summed E-state index contributed by atoms with van der Waals surface area (Å²) < 4.78 is 12.8. The van der Waals surface area contributed by atoms with E-state index in [1.165, 1.54) is 0 Å². The maximum atomic E-state index is 12.8. The number of nitrogens with one attached hydrogen (secondary N) is 4. The van der Waals surface area contributed by atoms with Crippen LogP contribution in [0.3, 0.4) is 0 Å². The Morgan fingerprint density at radius 2 is 1.61 bits per heavy atom. The molecule has 0 unspecified atom stereocenters. The van der Waals surface area contributed by atoms with Crippen LogP contribution in [0.2, 0.25) is 10.0 Å². The van der Waals surface area contributed by atoms with Crippen molar-refractivity contribution in [2.45, 2.75) is 45.7 Å². The number of hydrogen-bond donors (Lipinski definition) is 7. The summed E-state index contributed by atoms with van der Waals surface area (Å²) in [7, 11) is 0. The Morgan fingerprint density at radius 1 is 0.866 bits per heavy atom. The van der Waals surface area contributed by atoms with Gasteiger partial charge in [0.15, 0.2) is 0 Å². The summed E-state index contributed by atoms with van der Waals surface area (Å²) in [6.45, 7) is 4.46. The van der Waals surface area contributed by atoms with Crippen molar-refractivity contribution in [3.63, 3.8) is 0 Å². The van der Waals surface area contributed by atoms with E-state index in [2.05, 4.69) is 30.9 Å². The van der Waals surface area contributed by atoms with Gasteiger partial charge in [-0.25, -0.2) is 4.98 Å². The number of carbonyl (C=O) groups excluding carboxylic acids is 4. The molecule has 0 bridgehead atoms. The zero-order valence-corrected chi connectivity index (χ0v) is 38.4. The first-order valence-corrected chi connectivity index (χ1v) is 22.6. The van der Waals surface area contributed by atoms with E-state index in [1.807, 2.05) is 19.2 Å². The van der Waals surface area contributed by atoms with E-state index in [0.29, 0.717) is 66.1 Å². The van der Waals surface area contributed by atoms with Crippen LogP contribution in [-0.4, -0.2) is 123 Å². The van der Waals surface area contributed by atoms with Crippen molar-refractivity contribution < 1.29 is 38.9 Å². The fourth-order valence-electron chi connectivity index (χ4n) is 7.92. The van der Waals surface area contributed by atoms with Crippen LogP contribution in [-0.2, 0) is 49.8 Å². The van der Waals surface area contributed by atoms with Gasteiger partial charge in [0.25, 0.3) is 5.91 Å². The molecule has 352 valence electrons. The number of aliphatic hydroxyl groups excluding tert-OH is 1. The average Bonchev–Trinajstić information content (AvgIpc) is 3.97. The molecule has 67 heavy (non-hydrogen) atoms. The molecule has 0 saturated heterocycles. The van der Waals surface area contributed by atoms with Crippen LogP contribution >= 0.6 is 23.2 Å². The molecule has 0 radical (unpaired) electrons. The second-order valence-corrected chi connectivity index (χ2v) is 16.4. The van der Waals surface area contributed by atoms with E-state index in [4.69, 9.17) is 43.5 Å². The summed E-state index contributed by atoms with van der Waals surface area (Å²) in [4.78, 5) is 63.5. The number of phenols is 1. The number of aromatic hydroxyl groups is 1. The highest BCUT2D eigenvalue weighted by molar-refractivity contribution is 6.45. The standard InChI is InChI=1S/C47H52Cl2N10O8/c1-2-31-33(25-55-46(50)42(31)28-3-6-30(61)7-4-28)29-5-8-38(54-24-29)47(65)53-13-9-39(62)52-15-20-67-22-21-66-19-12-40(63)51-14-18-59-17-11-37(57-59)32-23-35(48)44(49)45-43(32)34-26-58(41(64)27-60)16-10-36(34)56-45/h3-8,11,17,23-25,56,60-61H,2,9-10,12-16,18-22,26-27H2,1H3,(H2,50,55)(H,51,63)(H,52,62)(H,53,65). The monoisotopic (exact) mass is 954 g/mol. The van der Waals surface area contributed by atoms with Crippen LogP contribution in [0, 0.1) is 0 Å². The molecule has 8 N–H and O–H groups in total. The third-order valence-corrected chi connectivity index (χ3v) is 12.1. The largest absolute Gasteiger partial charge is 0.508 e. The summed E-state index contributed by atoms with van der Waals surface area (Å²) in [6.07, 6.45) is 6.59. The van der Waals surface area contributed by atoms with Crippen molar-refractivity contribution in [2.75, 3.05) is 64.9 Å². The fraction of sp³-hybridized carbons (Fsp3) is 0.340. The molecule has 20 heteroatoms. The zero-order valence-electron chi connectivity index (χ0n) is 36.9. The summed E-state index contributed by atoms with van der Waals surface area (Å²) in [6, 6.07) is 13.8. The number of aromatic amines is 1. The van der Waals surface area contributed by atoms with Crippen LogP contribution in [0.5, 0.6) is 5.75 Å². The molecule has 4 amide bonds. The van der Waals surface area contributed by atoms with Gasteiger partial charge in [-0.3, -0.25) is 28.8 Å². The van der Waals surface area contributed by atoms with E-state index >= 15 is 0 Å². The van der Waals surface area contributed by atoms with Gasteiger partial charge in [-0.15, -0.1) is 0 Å². The number of anilines is 1. The number of aliphatic hydroxyl groups is 1. The molecule has 0 atom stereocenters. The number of hydrogen-bond acceptors (Lipinski definition) is 12. The number of nitrogen functional groups attached to an aromatic ring is 1. The van der Waals surface area contributed by atoms with Gasteiger partial charge in [0.1, 0.15) is 23.9 Å². The number of nitrogens with two attached hydrogens (primary N) is 1. The van der Waals surface area contributed by atoms with Gasteiger partial charge in [0.05, 0.1) is 54.2 Å². The maximum Gasteiger partial charge on any atom is 0.269 e. The Hall–Kier alpha value is -6.57. The summed E-state index contributed by atoms with van der Waals surface area (Å²) in [5.41, 5.74) is 14.6. The van der Waals surface area contributed by atoms with Crippen LogP contribution in [0.25, 0.3) is 44.4 Å². The molecule has 1 aliphatic rings. The summed E-state index contributed by atoms with van der Waals surface area (Å²) in [5, 5.41) is 33.8. The molecule has 4 aromatic heterocycles. The Labute approximate surface area is 396 Å². The molecular formula is C47H52Cl2N10O8. The van der Waals surface area contributed by atoms with E-state index < -0.39 is 12.5 Å². The van der Waals surface area contributed by atoms with Crippen LogP contribution in [0.1, 0.15) is 47.1 Å². The molecule has 5 heterocycles. The number of nitrogens with zero attached hydrogens (tertiary/aromatic N) is 5. The molecule has 6 aromatic rings. The van der Waals surface area contributed by atoms with Crippen LogP contribution in [0.15, 0.2) is 67.1 Å². The van der Waals surface area contributed by atoms with E-state index in [-0.39, 0.29) is 81.5 Å². The molecule has 0 aliphatic carbocycles. The number of carbonyl (C=O) groups is 4. The zero-order chi connectivity index (χ0) is 47.5. The van der Waals surface area contributed by atoms with E-state index in [1.54, 1.807) is 64.4 Å². The van der Waals surface area contributed by atoms with Gasteiger partial charge < -0.3 is 51.3 Å². The third-order valence-electron chi connectivity index (χ3n) is 11.3. The highest BCUT2D eigenvalue weighted by Crippen LogP contribution is 2.42. The Kier molecular flexibility index (Phi) is 16.4. The lowest BCUT2D eigenvalue weighted by atomic mass is 9.92. The number of rotatable bonds is 21. The minimum atomic E-state index is -0.559. The minimum Gasteiger partial charge on any atom is -0.508 e. The highest BCUT2D eigenvalue weighted by atomic mass is 35.5. The molecule has 7 rings (SSSR count). The molecule has 0 fully saturated rings. The average molecular weight is 956 g/mol. The van der Waals surface area contributed by atoms with Gasteiger partial charge in [0.2, 0.25) is 17.7 Å². The number of aromatic nitrogens is 5. The number of H-pyrrole nitrogens is 1. The molecule has 18 nitrogen and oxygen atoms in total. The normalized spacial score (nSPS) is 12.3. The van der Waals surface area contributed by atoms with Crippen molar-refractivity contribution in [2.24, 2.45) is 0 Å². The number of pyridine rings is 2. The highest BCUT2D eigenvalue weighted by Gasteiger charge is 2.27. The third kappa shape index (κ3) is 11.9. The van der Waals surface area contributed by atoms with Gasteiger partial charge in [-0.2, -0.15) is 5.10 Å². The number of fused-ring (bicyclic) bond motifs is 3. The Balaban J connectivity index is 0.742. The lowest BCUT2D eigenvalue weighted by Crippen LogP contribution is -2.37. The minimum absolute atomic E-state index is 0.0731. The van der Waals surface area contributed by atoms with E-state index in [0.717, 1.165) is 50.0 Å². The van der Waals surface area contributed by atoms with Crippen LogP contribution in [0.4, 0.5) is 5.82 Å². The Morgan fingerprint density at radius 3 is 2.36 bits per heavy atom. The van der Waals surface area contributed by atoms with Gasteiger partial charge >= 0.3 is 0 Å². The van der Waals surface area contributed by atoms with Crippen LogP contribution < -0.4 is 21.7 Å². The summed E-state index contributed by atoms with van der Waals surface area (Å²) in [5.74, 6) is -0.641. The predicted molar refractivity (Wildman–Crippen MR) is 253 cm³/mol. The molecule has 1 aliphatic heterocycles. The fourth-order valence-corrected chi connectivity index (χ4v) is 8.32. The Bertz CT molecular complexity index is 2730. The number of ether oxygens (including phenoxy) is 2. The van der Waals surface area contributed by atoms with Crippen molar-refractivity contribution in [1.29, 1.82) is 0 Å². The lowest BCUT2D eigenvalue weighted by molar-refractivity contribution is -0.135. The first kappa shape index (κ1) is 48.4. The topological polar surface area (TPSA) is 252 Å². The number of amides is 4.